The minimum atomic E-state index is -0.271. The van der Waals surface area contributed by atoms with Gasteiger partial charge in [-0.15, -0.1) is 0 Å². The highest BCUT2D eigenvalue weighted by Crippen LogP contribution is 2.14. The molecular weight excluding hydrogens is 182 g/mol. The minimum absolute atomic E-state index is 0.271. The Balaban J connectivity index is 2.98. The lowest BCUT2D eigenvalue weighted by molar-refractivity contribution is -0.136. The van der Waals surface area contributed by atoms with Crippen LogP contribution in [0.2, 0.25) is 0 Å². The first-order valence-corrected chi connectivity index (χ1v) is 4.67. The molecule has 0 aromatic carbocycles. The van der Waals surface area contributed by atoms with Crippen LogP contribution in [0.15, 0.2) is 11.4 Å². The van der Waals surface area contributed by atoms with E-state index in [-0.39, 0.29) is 11.8 Å². The molecule has 0 bridgehead atoms. The standard InChI is InChI=1S/C9H15N3O2/c1-4-10-6-7(11-5-2)9(14)12(3)8(6)13/h10-11H,4-5H2,1-3H3. The number of amides is 2. The molecule has 0 radical (unpaired) electrons. The molecule has 1 heterocycles. The zero-order valence-corrected chi connectivity index (χ0v) is 8.68. The lowest BCUT2D eigenvalue weighted by Gasteiger charge is -2.06. The van der Waals surface area contributed by atoms with E-state index in [4.69, 9.17) is 0 Å². The van der Waals surface area contributed by atoms with Gasteiger partial charge in [0.05, 0.1) is 0 Å². The van der Waals surface area contributed by atoms with Crippen molar-refractivity contribution in [3.05, 3.63) is 11.4 Å². The van der Waals surface area contributed by atoms with Gasteiger partial charge in [-0.05, 0) is 13.8 Å². The van der Waals surface area contributed by atoms with E-state index in [0.717, 1.165) is 4.90 Å². The van der Waals surface area contributed by atoms with E-state index in [2.05, 4.69) is 10.6 Å². The topological polar surface area (TPSA) is 61.4 Å². The summed E-state index contributed by atoms with van der Waals surface area (Å²) in [6.45, 7) is 5.01. The predicted octanol–water partition coefficient (Wildman–Crippen LogP) is -0.584. The average molecular weight is 197 g/mol. The van der Waals surface area contributed by atoms with Gasteiger partial charge >= 0.3 is 0 Å². The van der Waals surface area contributed by atoms with E-state index in [1.54, 1.807) is 0 Å². The van der Waals surface area contributed by atoms with E-state index in [9.17, 15) is 9.59 Å². The molecule has 0 unspecified atom stereocenters. The molecule has 1 rings (SSSR count). The number of carbonyl (C=O) groups excluding carboxylic acids is 2. The monoisotopic (exact) mass is 197 g/mol. The molecule has 0 atom stereocenters. The van der Waals surface area contributed by atoms with E-state index < -0.39 is 0 Å². The van der Waals surface area contributed by atoms with Crippen LogP contribution in [0.3, 0.4) is 0 Å². The summed E-state index contributed by atoms with van der Waals surface area (Å²) in [7, 11) is 1.48. The van der Waals surface area contributed by atoms with Crippen molar-refractivity contribution in [3.63, 3.8) is 0 Å². The molecular formula is C9H15N3O2. The van der Waals surface area contributed by atoms with Gasteiger partial charge < -0.3 is 10.6 Å². The highest BCUT2D eigenvalue weighted by atomic mass is 16.2. The maximum absolute atomic E-state index is 11.5. The molecule has 0 spiro atoms. The maximum atomic E-state index is 11.5. The second kappa shape index (κ2) is 4.13. The van der Waals surface area contributed by atoms with E-state index in [1.165, 1.54) is 7.05 Å². The van der Waals surface area contributed by atoms with Gasteiger partial charge in [0.25, 0.3) is 11.8 Å². The van der Waals surface area contributed by atoms with E-state index >= 15 is 0 Å². The lowest BCUT2D eigenvalue weighted by Crippen LogP contribution is -2.30. The largest absolute Gasteiger partial charge is 0.379 e. The molecule has 0 fully saturated rings. The van der Waals surface area contributed by atoms with Crippen molar-refractivity contribution in [1.29, 1.82) is 0 Å². The number of likely N-dealkylation sites (N-methyl/N-ethyl adjacent to an activating group) is 3. The number of hydrogen-bond acceptors (Lipinski definition) is 4. The molecule has 78 valence electrons. The number of imide groups is 1. The molecule has 0 aromatic rings. The zero-order valence-electron chi connectivity index (χ0n) is 8.68. The third-order valence-corrected chi connectivity index (χ3v) is 1.99. The number of rotatable bonds is 4. The van der Waals surface area contributed by atoms with Crippen LogP contribution in [-0.4, -0.2) is 36.9 Å². The summed E-state index contributed by atoms with van der Waals surface area (Å²) < 4.78 is 0. The van der Waals surface area contributed by atoms with Gasteiger partial charge in [0.1, 0.15) is 11.4 Å². The van der Waals surface area contributed by atoms with Crippen LogP contribution in [0, 0.1) is 0 Å². The number of nitrogens with zero attached hydrogens (tertiary/aromatic N) is 1. The van der Waals surface area contributed by atoms with Gasteiger partial charge in [0.2, 0.25) is 0 Å². The molecule has 0 aromatic heterocycles. The van der Waals surface area contributed by atoms with Crippen LogP contribution in [0.1, 0.15) is 13.8 Å². The Bertz CT molecular complexity index is 268. The fourth-order valence-electron chi connectivity index (χ4n) is 1.32. The summed E-state index contributed by atoms with van der Waals surface area (Å²) >= 11 is 0. The molecule has 2 N–H and O–H groups in total. The fourth-order valence-corrected chi connectivity index (χ4v) is 1.32. The quantitative estimate of drug-likeness (QED) is 0.592. The Morgan fingerprint density at radius 1 is 1.00 bits per heavy atom. The van der Waals surface area contributed by atoms with Crippen LogP contribution in [-0.2, 0) is 9.59 Å². The second-order valence-electron chi connectivity index (χ2n) is 2.98. The fraction of sp³-hybridized carbons (Fsp3) is 0.556. The van der Waals surface area contributed by atoms with Crippen molar-refractivity contribution >= 4 is 11.8 Å². The molecule has 5 nitrogen and oxygen atoms in total. The number of carbonyl (C=O) groups is 2. The van der Waals surface area contributed by atoms with Crippen LogP contribution in [0.4, 0.5) is 0 Å². The molecule has 0 saturated heterocycles. The van der Waals surface area contributed by atoms with Crippen molar-refractivity contribution in [2.75, 3.05) is 20.1 Å². The summed E-state index contributed by atoms with van der Waals surface area (Å²) in [4.78, 5) is 24.2. The summed E-state index contributed by atoms with van der Waals surface area (Å²) in [5, 5.41) is 5.79. The number of hydrogen-bond donors (Lipinski definition) is 2. The third kappa shape index (κ3) is 1.57. The number of nitrogens with one attached hydrogen (secondary N) is 2. The van der Waals surface area contributed by atoms with Crippen LogP contribution in [0.5, 0.6) is 0 Å². The molecule has 1 aliphatic heterocycles. The highest BCUT2D eigenvalue weighted by Gasteiger charge is 2.35. The molecule has 1 aliphatic rings. The van der Waals surface area contributed by atoms with Crippen molar-refractivity contribution in [2.45, 2.75) is 13.8 Å². The van der Waals surface area contributed by atoms with Crippen molar-refractivity contribution < 1.29 is 9.59 Å². The lowest BCUT2D eigenvalue weighted by atomic mass is 10.3. The molecule has 2 amide bonds. The summed E-state index contributed by atoms with van der Waals surface area (Å²) in [6.07, 6.45) is 0. The Kier molecular flexibility index (Phi) is 3.11. The summed E-state index contributed by atoms with van der Waals surface area (Å²) in [5.74, 6) is -0.541. The Labute approximate surface area is 83.1 Å². The Morgan fingerprint density at radius 2 is 1.36 bits per heavy atom. The highest BCUT2D eigenvalue weighted by molar-refractivity contribution is 6.18. The van der Waals surface area contributed by atoms with Crippen molar-refractivity contribution in [2.24, 2.45) is 0 Å². The predicted molar refractivity (Wildman–Crippen MR) is 52.2 cm³/mol. The smallest absolute Gasteiger partial charge is 0.278 e. The molecule has 14 heavy (non-hydrogen) atoms. The molecule has 0 saturated carbocycles. The SMILES string of the molecule is CCNC1=C(NCC)C(=O)N(C)C1=O. The molecule has 5 heteroatoms. The minimum Gasteiger partial charge on any atom is -0.379 e. The Morgan fingerprint density at radius 3 is 1.64 bits per heavy atom. The van der Waals surface area contributed by atoms with Gasteiger partial charge in [-0.1, -0.05) is 0 Å². The first-order valence-electron chi connectivity index (χ1n) is 4.67. The van der Waals surface area contributed by atoms with Crippen molar-refractivity contribution in [3.8, 4) is 0 Å². The maximum Gasteiger partial charge on any atom is 0.278 e. The first kappa shape index (κ1) is 10.6. The zero-order chi connectivity index (χ0) is 10.7. The van der Waals surface area contributed by atoms with Gasteiger partial charge in [0.15, 0.2) is 0 Å². The van der Waals surface area contributed by atoms with Crippen LogP contribution >= 0.6 is 0 Å². The normalized spacial score (nSPS) is 16.6. The van der Waals surface area contributed by atoms with E-state index in [0.29, 0.717) is 24.5 Å². The van der Waals surface area contributed by atoms with Crippen LogP contribution in [0.25, 0.3) is 0 Å². The van der Waals surface area contributed by atoms with Gasteiger partial charge in [-0.3, -0.25) is 14.5 Å². The Hall–Kier alpha value is -1.52. The summed E-state index contributed by atoms with van der Waals surface area (Å²) in [5.41, 5.74) is 0.753. The third-order valence-electron chi connectivity index (χ3n) is 1.99. The first-order chi connectivity index (χ1) is 6.63. The average Bonchev–Trinajstić information content (AvgIpc) is 2.36. The molecule has 0 aliphatic carbocycles. The van der Waals surface area contributed by atoms with Crippen molar-refractivity contribution in [1.82, 2.24) is 15.5 Å². The van der Waals surface area contributed by atoms with E-state index in [1.807, 2.05) is 13.8 Å². The van der Waals surface area contributed by atoms with Crippen LogP contribution < -0.4 is 10.6 Å². The summed E-state index contributed by atoms with van der Waals surface area (Å²) in [6, 6.07) is 0. The van der Waals surface area contributed by atoms with Gasteiger partial charge in [-0.2, -0.15) is 0 Å². The van der Waals surface area contributed by atoms with Gasteiger partial charge in [-0.25, -0.2) is 0 Å². The van der Waals surface area contributed by atoms with Gasteiger partial charge in [0, 0.05) is 20.1 Å². The second-order valence-corrected chi connectivity index (χ2v) is 2.98.